The number of nitrogens with one attached hydrogen (secondary N) is 1. The molecule has 25 heavy (non-hydrogen) atoms. The van der Waals surface area contributed by atoms with Crippen molar-refractivity contribution in [3.05, 3.63) is 49.1 Å². The van der Waals surface area contributed by atoms with Gasteiger partial charge >= 0.3 is 0 Å². The van der Waals surface area contributed by atoms with E-state index in [0.717, 1.165) is 3.57 Å². The van der Waals surface area contributed by atoms with Crippen LogP contribution in [0.3, 0.4) is 0 Å². The van der Waals surface area contributed by atoms with Gasteiger partial charge in [0.2, 0.25) is 0 Å². The first kappa shape index (κ1) is 19.8. The van der Waals surface area contributed by atoms with Gasteiger partial charge in [-0.25, -0.2) is 5.43 Å². The summed E-state index contributed by atoms with van der Waals surface area (Å²) in [5.41, 5.74) is 3.10. The molecule has 0 bridgehead atoms. The quantitative estimate of drug-likeness (QED) is 0.306. The standard InChI is InChI=1S/C17H16I2N2O4/c1-2-24-15-8-11(7-14(19)17(15)23)9-20-21-16(22)10-25-13-5-3-12(18)4-6-13/h3-9,23H,2,10H2,1H3,(H,21,22). The van der Waals surface area contributed by atoms with Crippen LogP contribution in [0, 0.1) is 7.14 Å². The van der Waals surface area contributed by atoms with Crippen LogP contribution in [-0.4, -0.2) is 30.4 Å². The van der Waals surface area contributed by atoms with Gasteiger partial charge in [0, 0.05) is 3.57 Å². The smallest absolute Gasteiger partial charge is 0.277 e. The molecule has 0 heterocycles. The zero-order valence-electron chi connectivity index (χ0n) is 13.3. The maximum Gasteiger partial charge on any atom is 0.277 e. The number of carbonyl (C=O) groups is 1. The van der Waals surface area contributed by atoms with Gasteiger partial charge in [-0.05, 0) is 94.1 Å². The van der Waals surface area contributed by atoms with E-state index < -0.39 is 0 Å². The van der Waals surface area contributed by atoms with Crippen LogP contribution in [0.1, 0.15) is 12.5 Å². The molecule has 0 aliphatic rings. The van der Waals surface area contributed by atoms with Gasteiger partial charge in [-0.1, -0.05) is 0 Å². The van der Waals surface area contributed by atoms with Gasteiger partial charge in [0.1, 0.15) is 5.75 Å². The Morgan fingerprint density at radius 1 is 1.24 bits per heavy atom. The first-order valence-electron chi connectivity index (χ1n) is 7.35. The summed E-state index contributed by atoms with van der Waals surface area (Å²) in [6, 6.07) is 10.8. The molecule has 2 rings (SSSR count). The molecule has 2 aromatic rings. The Hall–Kier alpha value is -1.56. The first-order valence-corrected chi connectivity index (χ1v) is 9.51. The van der Waals surface area contributed by atoms with E-state index in [4.69, 9.17) is 9.47 Å². The average Bonchev–Trinajstić information content (AvgIpc) is 2.59. The highest BCUT2D eigenvalue weighted by molar-refractivity contribution is 14.1. The Morgan fingerprint density at radius 3 is 2.64 bits per heavy atom. The second kappa shape index (κ2) is 9.80. The van der Waals surface area contributed by atoms with Crippen LogP contribution >= 0.6 is 45.2 Å². The normalized spacial score (nSPS) is 10.7. The Balaban J connectivity index is 1.89. The summed E-state index contributed by atoms with van der Waals surface area (Å²) in [6.07, 6.45) is 1.48. The van der Waals surface area contributed by atoms with E-state index in [1.54, 1.807) is 24.3 Å². The number of hydrogen-bond acceptors (Lipinski definition) is 5. The van der Waals surface area contributed by atoms with Crippen molar-refractivity contribution in [3.63, 3.8) is 0 Å². The summed E-state index contributed by atoms with van der Waals surface area (Å²) in [4.78, 5) is 11.7. The lowest BCUT2D eigenvalue weighted by Crippen LogP contribution is -2.24. The predicted octanol–water partition coefficient (Wildman–Crippen LogP) is 3.53. The van der Waals surface area contributed by atoms with Crippen molar-refractivity contribution in [1.29, 1.82) is 0 Å². The monoisotopic (exact) mass is 566 g/mol. The summed E-state index contributed by atoms with van der Waals surface area (Å²) in [7, 11) is 0. The molecule has 0 aromatic heterocycles. The lowest BCUT2D eigenvalue weighted by molar-refractivity contribution is -0.123. The minimum Gasteiger partial charge on any atom is -0.504 e. The van der Waals surface area contributed by atoms with Gasteiger partial charge in [0.15, 0.2) is 18.1 Å². The molecule has 0 saturated heterocycles. The van der Waals surface area contributed by atoms with E-state index in [2.05, 4.69) is 33.1 Å². The molecular formula is C17H16I2N2O4. The highest BCUT2D eigenvalue weighted by Gasteiger charge is 2.08. The third kappa shape index (κ3) is 6.34. The molecule has 0 aliphatic heterocycles. The van der Waals surface area contributed by atoms with E-state index >= 15 is 0 Å². The number of ether oxygens (including phenoxy) is 2. The molecule has 2 N–H and O–H groups in total. The summed E-state index contributed by atoms with van der Waals surface area (Å²) in [5.74, 6) is 0.723. The molecule has 1 amide bonds. The molecule has 0 unspecified atom stereocenters. The van der Waals surface area contributed by atoms with Gasteiger partial charge in [0.05, 0.1) is 16.4 Å². The second-order valence-electron chi connectivity index (χ2n) is 4.82. The third-order valence-corrected chi connectivity index (χ3v) is 4.48. The number of nitrogens with zero attached hydrogens (tertiary/aromatic N) is 1. The average molecular weight is 566 g/mol. The number of amides is 1. The minimum atomic E-state index is -0.367. The summed E-state index contributed by atoms with van der Waals surface area (Å²) in [6.45, 7) is 2.15. The van der Waals surface area contributed by atoms with Crippen molar-refractivity contribution in [3.8, 4) is 17.2 Å². The van der Waals surface area contributed by atoms with Crippen molar-refractivity contribution in [2.75, 3.05) is 13.2 Å². The van der Waals surface area contributed by atoms with E-state index in [0.29, 0.717) is 27.2 Å². The number of hydrazone groups is 1. The van der Waals surface area contributed by atoms with E-state index in [-0.39, 0.29) is 18.3 Å². The van der Waals surface area contributed by atoms with E-state index in [9.17, 15) is 9.90 Å². The van der Waals surface area contributed by atoms with Crippen molar-refractivity contribution < 1.29 is 19.4 Å². The van der Waals surface area contributed by atoms with Crippen LogP contribution < -0.4 is 14.9 Å². The SMILES string of the molecule is CCOc1cc(C=NNC(=O)COc2ccc(I)cc2)cc(I)c1O. The van der Waals surface area contributed by atoms with Crippen LogP contribution in [0.2, 0.25) is 0 Å². The minimum absolute atomic E-state index is 0.0922. The maximum atomic E-state index is 11.7. The van der Waals surface area contributed by atoms with Crippen molar-refractivity contribution in [2.24, 2.45) is 5.10 Å². The Labute approximate surface area is 172 Å². The van der Waals surface area contributed by atoms with Crippen LogP contribution in [0.5, 0.6) is 17.2 Å². The number of benzene rings is 2. The highest BCUT2D eigenvalue weighted by Crippen LogP contribution is 2.32. The molecule has 132 valence electrons. The van der Waals surface area contributed by atoms with Crippen LogP contribution in [-0.2, 0) is 4.79 Å². The highest BCUT2D eigenvalue weighted by atomic mass is 127. The van der Waals surface area contributed by atoms with Gasteiger partial charge < -0.3 is 14.6 Å². The molecule has 6 nitrogen and oxygen atoms in total. The van der Waals surface area contributed by atoms with Gasteiger partial charge in [0.25, 0.3) is 5.91 Å². The number of carbonyl (C=O) groups excluding carboxylic acids is 1. The molecular weight excluding hydrogens is 550 g/mol. The zero-order valence-corrected chi connectivity index (χ0v) is 17.6. The molecule has 2 aromatic carbocycles. The number of phenols is 1. The van der Waals surface area contributed by atoms with Crippen LogP contribution in [0.15, 0.2) is 41.5 Å². The Morgan fingerprint density at radius 2 is 1.96 bits per heavy atom. The fourth-order valence-corrected chi connectivity index (χ4v) is 2.81. The van der Waals surface area contributed by atoms with Crippen molar-refractivity contribution in [1.82, 2.24) is 5.43 Å². The molecule has 0 aliphatic carbocycles. The largest absolute Gasteiger partial charge is 0.504 e. The summed E-state index contributed by atoms with van der Waals surface area (Å²) >= 11 is 4.20. The van der Waals surface area contributed by atoms with Gasteiger partial charge in [-0.2, -0.15) is 5.10 Å². The van der Waals surface area contributed by atoms with Gasteiger partial charge in [-0.15, -0.1) is 0 Å². The molecule has 0 atom stereocenters. The lowest BCUT2D eigenvalue weighted by atomic mass is 10.2. The third-order valence-electron chi connectivity index (χ3n) is 2.94. The Kier molecular flexibility index (Phi) is 7.75. The zero-order chi connectivity index (χ0) is 18.2. The number of halogens is 2. The van der Waals surface area contributed by atoms with Crippen molar-refractivity contribution >= 4 is 57.3 Å². The number of rotatable bonds is 7. The maximum absolute atomic E-state index is 11.7. The summed E-state index contributed by atoms with van der Waals surface area (Å²) in [5, 5.41) is 13.8. The molecule has 0 radical (unpaired) electrons. The van der Waals surface area contributed by atoms with Crippen LogP contribution in [0.4, 0.5) is 0 Å². The number of aromatic hydroxyl groups is 1. The fourth-order valence-electron chi connectivity index (χ4n) is 1.82. The lowest BCUT2D eigenvalue weighted by Gasteiger charge is -2.08. The Bertz CT molecular complexity index is 764. The van der Waals surface area contributed by atoms with E-state index in [1.807, 2.05) is 41.6 Å². The van der Waals surface area contributed by atoms with E-state index in [1.165, 1.54) is 6.21 Å². The van der Waals surface area contributed by atoms with Crippen LogP contribution in [0.25, 0.3) is 0 Å². The summed E-state index contributed by atoms with van der Waals surface area (Å²) < 4.78 is 12.5. The molecule has 0 spiro atoms. The number of hydrogen-bond donors (Lipinski definition) is 2. The second-order valence-corrected chi connectivity index (χ2v) is 7.23. The predicted molar refractivity (Wildman–Crippen MR) is 112 cm³/mol. The molecule has 0 fully saturated rings. The fraction of sp³-hybridized carbons (Fsp3) is 0.176. The van der Waals surface area contributed by atoms with Gasteiger partial charge in [-0.3, -0.25) is 4.79 Å². The topological polar surface area (TPSA) is 80.2 Å². The first-order chi connectivity index (χ1) is 12.0. The van der Waals surface area contributed by atoms with Crippen molar-refractivity contribution in [2.45, 2.75) is 6.92 Å². The molecule has 0 saturated carbocycles. The number of phenolic OH excluding ortho intramolecular Hbond substituents is 1. The molecule has 8 heteroatoms.